The van der Waals surface area contributed by atoms with Crippen molar-refractivity contribution >= 4 is 5.91 Å². The first-order valence-electron chi connectivity index (χ1n) is 9.62. The Hall–Kier alpha value is -1.91. The molecule has 0 radical (unpaired) electrons. The zero-order chi connectivity index (χ0) is 17.7. The van der Waals surface area contributed by atoms with Gasteiger partial charge in [0.05, 0.1) is 11.7 Å². The number of amides is 1. The fourth-order valence-electron chi connectivity index (χ4n) is 4.56. The third-order valence-corrected chi connectivity index (χ3v) is 5.82. The van der Waals surface area contributed by atoms with E-state index in [1.54, 1.807) is 0 Å². The highest BCUT2D eigenvalue weighted by atomic mass is 16.2. The van der Waals surface area contributed by atoms with Gasteiger partial charge in [0.15, 0.2) is 5.69 Å². The van der Waals surface area contributed by atoms with Crippen molar-refractivity contribution in [1.82, 2.24) is 19.9 Å². The van der Waals surface area contributed by atoms with Crippen molar-refractivity contribution in [2.24, 2.45) is 5.92 Å². The Morgan fingerprint density at radius 1 is 1.20 bits per heavy atom. The van der Waals surface area contributed by atoms with Gasteiger partial charge in [-0.1, -0.05) is 36.6 Å². The van der Waals surface area contributed by atoms with Crippen molar-refractivity contribution < 1.29 is 4.79 Å². The van der Waals surface area contributed by atoms with E-state index in [-0.39, 0.29) is 11.4 Å². The Morgan fingerprint density at radius 2 is 1.92 bits per heavy atom. The van der Waals surface area contributed by atoms with Crippen molar-refractivity contribution in [1.29, 1.82) is 0 Å². The van der Waals surface area contributed by atoms with Gasteiger partial charge in [0.25, 0.3) is 5.91 Å². The molecule has 0 N–H and O–H groups in total. The molecule has 25 heavy (non-hydrogen) atoms. The van der Waals surface area contributed by atoms with Crippen LogP contribution in [0.5, 0.6) is 0 Å². The second kappa shape index (κ2) is 7.98. The van der Waals surface area contributed by atoms with Gasteiger partial charge in [-0.3, -0.25) is 9.48 Å². The van der Waals surface area contributed by atoms with Crippen LogP contribution in [0.4, 0.5) is 0 Å². The molecule has 2 heterocycles. The van der Waals surface area contributed by atoms with Gasteiger partial charge in [0, 0.05) is 13.1 Å². The molecule has 1 saturated carbocycles. The molecule has 1 aromatic rings. The van der Waals surface area contributed by atoms with E-state index >= 15 is 0 Å². The van der Waals surface area contributed by atoms with E-state index in [0.717, 1.165) is 38.8 Å². The van der Waals surface area contributed by atoms with Crippen LogP contribution < -0.4 is 0 Å². The first kappa shape index (κ1) is 17.9. The predicted octanol–water partition coefficient (Wildman–Crippen LogP) is 3.99. The van der Waals surface area contributed by atoms with Crippen molar-refractivity contribution in [2.75, 3.05) is 6.54 Å². The fraction of sp³-hybridized carbons (Fsp3) is 0.650. The summed E-state index contributed by atoms with van der Waals surface area (Å²) >= 11 is 0. The van der Waals surface area contributed by atoms with Gasteiger partial charge in [-0.25, -0.2) is 0 Å². The van der Waals surface area contributed by atoms with E-state index in [2.05, 4.69) is 23.5 Å². The van der Waals surface area contributed by atoms with Crippen molar-refractivity contribution in [3.05, 3.63) is 37.2 Å². The topological polar surface area (TPSA) is 51.0 Å². The molecule has 1 aromatic heterocycles. The number of nitrogens with zero attached hydrogens (tertiary/aromatic N) is 4. The third kappa shape index (κ3) is 3.86. The van der Waals surface area contributed by atoms with Gasteiger partial charge >= 0.3 is 0 Å². The third-order valence-electron chi connectivity index (χ3n) is 5.82. The monoisotopic (exact) mass is 342 g/mol. The molecule has 1 amide bonds. The molecule has 1 saturated heterocycles. The Morgan fingerprint density at radius 3 is 2.60 bits per heavy atom. The number of aromatic nitrogens is 3. The highest BCUT2D eigenvalue weighted by Gasteiger charge is 2.42. The molecule has 5 heteroatoms. The minimum absolute atomic E-state index is 0.00362. The molecule has 2 fully saturated rings. The molecule has 0 spiro atoms. The quantitative estimate of drug-likeness (QED) is 0.704. The molecule has 0 atom stereocenters. The normalized spacial score (nSPS) is 20.6. The van der Waals surface area contributed by atoms with Gasteiger partial charge in [-0.15, -0.1) is 18.3 Å². The number of carbonyl (C=O) groups is 1. The standard InChI is InChI=1S/C20H30N4O/c1-3-11-20(12-4-2)13-8-14-24(20)19(25)18-16-23(22-21-18)15-17-9-6-5-7-10-17/h3-4,16-17H,1-2,5-15H2. The molecule has 1 aliphatic heterocycles. The van der Waals surface area contributed by atoms with Gasteiger partial charge in [0.2, 0.25) is 0 Å². The predicted molar refractivity (Wildman–Crippen MR) is 99.2 cm³/mol. The maximum absolute atomic E-state index is 13.1. The smallest absolute Gasteiger partial charge is 0.276 e. The van der Waals surface area contributed by atoms with Crippen LogP contribution in [0.25, 0.3) is 0 Å². The number of carbonyl (C=O) groups excluding carboxylic acids is 1. The van der Waals surface area contributed by atoms with Gasteiger partial charge in [0.1, 0.15) is 0 Å². The van der Waals surface area contributed by atoms with Crippen molar-refractivity contribution in [3.8, 4) is 0 Å². The Balaban J connectivity index is 1.71. The first-order valence-corrected chi connectivity index (χ1v) is 9.62. The lowest BCUT2D eigenvalue weighted by molar-refractivity contribution is 0.0595. The Labute approximate surface area is 150 Å². The molecule has 3 rings (SSSR count). The Kier molecular flexibility index (Phi) is 5.71. The van der Waals surface area contributed by atoms with E-state index in [1.165, 1.54) is 32.1 Å². The van der Waals surface area contributed by atoms with Crippen LogP contribution in [-0.4, -0.2) is 37.9 Å². The van der Waals surface area contributed by atoms with Crippen LogP contribution >= 0.6 is 0 Å². The minimum atomic E-state index is -0.187. The molecule has 0 aromatic carbocycles. The van der Waals surface area contributed by atoms with E-state index < -0.39 is 0 Å². The molecule has 0 bridgehead atoms. The summed E-state index contributed by atoms with van der Waals surface area (Å²) in [6.07, 6.45) is 15.7. The average molecular weight is 342 g/mol. The van der Waals surface area contributed by atoms with E-state index in [0.29, 0.717) is 11.6 Å². The fourth-order valence-corrected chi connectivity index (χ4v) is 4.56. The van der Waals surface area contributed by atoms with Crippen molar-refractivity contribution in [3.63, 3.8) is 0 Å². The summed E-state index contributed by atoms with van der Waals surface area (Å²) in [6.45, 7) is 9.42. The summed E-state index contributed by atoms with van der Waals surface area (Å²) in [5.41, 5.74) is 0.281. The summed E-state index contributed by atoms with van der Waals surface area (Å²) in [7, 11) is 0. The highest BCUT2D eigenvalue weighted by molar-refractivity contribution is 5.92. The summed E-state index contributed by atoms with van der Waals surface area (Å²) < 4.78 is 1.86. The first-order chi connectivity index (χ1) is 12.2. The lowest BCUT2D eigenvalue weighted by Gasteiger charge is -2.37. The summed E-state index contributed by atoms with van der Waals surface area (Å²) in [4.78, 5) is 15.0. The summed E-state index contributed by atoms with van der Waals surface area (Å²) in [6, 6.07) is 0. The number of hydrogen-bond donors (Lipinski definition) is 0. The molecule has 1 aliphatic carbocycles. The second-order valence-electron chi connectivity index (χ2n) is 7.60. The summed E-state index contributed by atoms with van der Waals surface area (Å²) in [5.74, 6) is 0.668. The Bertz CT molecular complexity index is 605. The van der Waals surface area contributed by atoms with Crippen LogP contribution in [0.15, 0.2) is 31.5 Å². The largest absolute Gasteiger partial charge is 0.331 e. The lowest BCUT2D eigenvalue weighted by atomic mass is 9.88. The van der Waals surface area contributed by atoms with Crippen LogP contribution in [-0.2, 0) is 6.54 Å². The maximum Gasteiger partial charge on any atom is 0.276 e. The molecule has 2 aliphatic rings. The van der Waals surface area contributed by atoms with Crippen LogP contribution in [0.2, 0.25) is 0 Å². The SMILES string of the molecule is C=CCC1(CC=C)CCCN1C(=O)c1cn(CC2CCCCC2)nn1. The van der Waals surface area contributed by atoms with Crippen LogP contribution in [0.1, 0.15) is 68.3 Å². The van der Waals surface area contributed by atoms with Gasteiger partial charge < -0.3 is 4.90 Å². The molecule has 5 nitrogen and oxygen atoms in total. The maximum atomic E-state index is 13.1. The van der Waals surface area contributed by atoms with E-state index in [4.69, 9.17) is 0 Å². The summed E-state index contributed by atoms with van der Waals surface area (Å²) in [5, 5.41) is 8.40. The molecular weight excluding hydrogens is 312 g/mol. The number of likely N-dealkylation sites (tertiary alicyclic amines) is 1. The molecule has 0 unspecified atom stereocenters. The van der Waals surface area contributed by atoms with Crippen LogP contribution in [0, 0.1) is 5.92 Å². The van der Waals surface area contributed by atoms with Crippen LogP contribution in [0.3, 0.4) is 0 Å². The minimum Gasteiger partial charge on any atom is -0.331 e. The lowest BCUT2D eigenvalue weighted by Crippen LogP contribution is -2.47. The van der Waals surface area contributed by atoms with E-state index in [1.807, 2.05) is 27.9 Å². The van der Waals surface area contributed by atoms with Gasteiger partial charge in [-0.2, -0.15) is 0 Å². The zero-order valence-corrected chi connectivity index (χ0v) is 15.2. The number of hydrogen-bond acceptors (Lipinski definition) is 3. The molecular formula is C20H30N4O. The number of rotatable bonds is 7. The van der Waals surface area contributed by atoms with E-state index in [9.17, 15) is 4.79 Å². The average Bonchev–Trinajstić information content (AvgIpc) is 3.23. The van der Waals surface area contributed by atoms with Crippen molar-refractivity contribution in [2.45, 2.75) is 69.9 Å². The highest BCUT2D eigenvalue weighted by Crippen LogP contribution is 2.37. The molecule has 136 valence electrons. The zero-order valence-electron chi connectivity index (χ0n) is 15.2. The van der Waals surface area contributed by atoms with Gasteiger partial charge in [-0.05, 0) is 44.4 Å². The second-order valence-corrected chi connectivity index (χ2v) is 7.60.